The summed E-state index contributed by atoms with van der Waals surface area (Å²) in [5.74, 6) is -0.409. The Balaban J connectivity index is 1.41. The molecule has 1 N–H and O–H groups in total. The van der Waals surface area contributed by atoms with E-state index in [9.17, 15) is 9.59 Å². The van der Waals surface area contributed by atoms with Gasteiger partial charge in [0.15, 0.2) is 0 Å². The molecule has 1 fully saturated rings. The number of hydrogen-bond acceptors (Lipinski definition) is 3. The van der Waals surface area contributed by atoms with Gasteiger partial charge >= 0.3 is 0 Å². The number of benzene rings is 3. The van der Waals surface area contributed by atoms with E-state index in [1.165, 1.54) is 5.56 Å². The number of nitrogens with one attached hydrogen (secondary N) is 1. The van der Waals surface area contributed by atoms with Gasteiger partial charge in [-0.05, 0) is 29.8 Å². The predicted octanol–water partition coefficient (Wildman–Crippen LogP) is 4.55. The van der Waals surface area contributed by atoms with Gasteiger partial charge in [0.25, 0.3) is 11.8 Å². The molecule has 158 valence electrons. The summed E-state index contributed by atoms with van der Waals surface area (Å²) in [5.41, 5.74) is 2.62. The molecule has 0 bridgehead atoms. The minimum absolute atomic E-state index is 0.0746. The van der Waals surface area contributed by atoms with Crippen LogP contribution in [-0.2, 0) is 6.54 Å². The van der Waals surface area contributed by atoms with E-state index >= 15 is 0 Å². The molecule has 3 aromatic rings. The van der Waals surface area contributed by atoms with Crippen molar-refractivity contribution in [3.8, 4) is 0 Å². The lowest BCUT2D eigenvalue weighted by molar-refractivity contribution is 0.0629. The van der Waals surface area contributed by atoms with Crippen LogP contribution in [0, 0.1) is 0 Å². The highest BCUT2D eigenvalue weighted by molar-refractivity contribution is 6.34. The van der Waals surface area contributed by atoms with Crippen molar-refractivity contribution in [1.29, 1.82) is 0 Å². The van der Waals surface area contributed by atoms with Crippen molar-refractivity contribution in [3.05, 3.63) is 101 Å². The second-order valence-corrected chi connectivity index (χ2v) is 7.94. The third-order valence-corrected chi connectivity index (χ3v) is 5.76. The van der Waals surface area contributed by atoms with Gasteiger partial charge in [0.05, 0.1) is 21.8 Å². The largest absolute Gasteiger partial charge is 0.336 e. The second-order valence-electron chi connectivity index (χ2n) is 7.53. The van der Waals surface area contributed by atoms with Gasteiger partial charge in [-0.3, -0.25) is 14.5 Å². The Morgan fingerprint density at radius 1 is 0.774 bits per heavy atom. The fraction of sp³-hybridized carbons (Fsp3) is 0.200. The molecule has 0 saturated carbocycles. The van der Waals surface area contributed by atoms with Crippen LogP contribution in [0.2, 0.25) is 5.02 Å². The first-order valence-electron chi connectivity index (χ1n) is 10.3. The molecule has 0 radical (unpaired) electrons. The van der Waals surface area contributed by atoms with Crippen molar-refractivity contribution in [1.82, 2.24) is 9.80 Å². The molecular formula is C25H24ClN3O2. The summed E-state index contributed by atoms with van der Waals surface area (Å²) in [7, 11) is 0. The Bertz CT molecular complexity index is 1060. The smallest absolute Gasteiger partial charge is 0.257 e. The van der Waals surface area contributed by atoms with E-state index in [1.54, 1.807) is 42.5 Å². The normalized spacial score (nSPS) is 14.3. The Morgan fingerprint density at radius 2 is 1.39 bits per heavy atom. The van der Waals surface area contributed by atoms with E-state index in [0.29, 0.717) is 34.9 Å². The average molecular weight is 434 g/mol. The number of piperazine rings is 1. The van der Waals surface area contributed by atoms with Crippen LogP contribution >= 0.6 is 11.6 Å². The lowest BCUT2D eigenvalue weighted by Crippen LogP contribution is -2.48. The zero-order chi connectivity index (χ0) is 21.6. The summed E-state index contributed by atoms with van der Waals surface area (Å²) >= 11 is 6.14. The van der Waals surface area contributed by atoms with Crippen LogP contribution in [0.1, 0.15) is 26.3 Å². The van der Waals surface area contributed by atoms with E-state index in [1.807, 2.05) is 29.2 Å². The molecule has 1 heterocycles. The van der Waals surface area contributed by atoms with Crippen LogP contribution < -0.4 is 5.32 Å². The molecule has 1 aliphatic heterocycles. The summed E-state index contributed by atoms with van der Waals surface area (Å²) in [6, 6.07) is 24.3. The van der Waals surface area contributed by atoms with E-state index in [0.717, 1.165) is 19.6 Å². The number of halogens is 1. The first-order chi connectivity index (χ1) is 15.1. The second kappa shape index (κ2) is 9.77. The molecule has 0 spiro atoms. The number of anilines is 1. The maximum absolute atomic E-state index is 13.2. The fourth-order valence-electron chi connectivity index (χ4n) is 3.73. The number of nitrogens with zero attached hydrogens (tertiary/aromatic N) is 2. The number of para-hydroxylation sites is 1. The molecular weight excluding hydrogens is 410 g/mol. The van der Waals surface area contributed by atoms with E-state index in [2.05, 4.69) is 22.3 Å². The van der Waals surface area contributed by atoms with Crippen molar-refractivity contribution in [2.75, 3.05) is 31.5 Å². The highest BCUT2D eigenvalue weighted by Gasteiger charge is 2.24. The molecule has 4 rings (SSSR count). The molecule has 0 aliphatic carbocycles. The highest BCUT2D eigenvalue weighted by Crippen LogP contribution is 2.22. The minimum Gasteiger partial charge on any atom is -0.336 e. The number of carbonyl (C=O) groups excluding carboxylic acids is 2. The maximum Gasteiger partial charge on any atom is 0.257 e. The van der Waals surface area contributed by atoms with Crippen molar-refractivity contribution in [2.45, 2.75) is 6.54 Å². The Labute approximate surface area is 187 Å². The molecule has 0 aromatic heterocycles. The average Bonchev–Trinajstić information content (AvgIpc) is 2.80. The SMILES string of the molecule is O=C(Nc1ccccc1C(=O)N1CCN(Cc2ccccc2)CC1)c1ccccc1Cl. The molecule has 0 unspecified atom stereocenters. The predicted molar refractivity (Wildman–Crippen MR) is 123 cm³/mol. The van der Waals surface area contributed by atoms with Gasteiger partial charge in [-0.25, -0.2) is 0 Å². The molecule has 3 aromatic carbocycles. The zero-order valence-corrected chi connectivity index (χ0v) is 17.9. The van der Waals surface area contributed by atoms with Crippen LogP contribution in [-0.4, -0.2) is 47.8 Å². The van der Waals surface area contributed by atoms with Gasteiger partial charge in [-0.1, -0.05) is 66.2 Å². The van der Waals surface area contributed by atoms with Crippen LogP contribution in [0.3, 0.4) is 0 Å². The first kappa shape index (κ1) is 21.1. The minimum atomic E-state index is -0.335. The summed E-state index contributed by atoms with van der Waals surface area (Å²) in [6.45, 7) is 3.81. The van der Waals surface area contributed by atoms with Crippen LogP contribution in [0.4, 0.5) is 5.69 Å². The molecule has 31 heavy (non-hydrogen) atoms. The van der Waals surface area contributed by atoms with E-state index < -0.39 is 0 Å². The lowest BCUT2D eigenvalue weighted by atomic mass is 10.1. The molecule has 0 atom stereocenters. The quantitative estimate of drug-likeness (QED) is 0.642. The van der Waals surface area contributed by atoms with Gasteiger partial charge < -0.3 is 10.2 Å². The number of hydrogen-bond donors (Lipinski definition) is 1. The van der Waals surface area contributed by atoms with Gasteiger partial charge in [-0.2, -0.15) is 0 Å². The topological polar surface area (TPSA) is 52.7 Å². The van der Waals surface area contributed by atoms with Gasteiger partial charge in [0.2, 0.25) is 0 Å². The van der Waals surface area contributed by atoms with Crippen molar-refractivity contribution < 1.29 is 9.59 Å². The van der Waals surface area contributed by atoms with Crippen molar-refractivity contribution in [3.63, 3.8) is 0 Å². The lowest BCUT2D eigenvalue weighted by Gasteiger charge is -2.35. The summed E-state index contributed by atoms with van der Waals surface area (Å²) < 4.78 is 0. The Hall–Kier alpha value is -3.15. The molecule has 5 nitrogen and oxygen atoms in total. The van der Waals surface area contributed by atoms with E-state index in [4.69, 9.17) is 11.6 Å². The summed E-state index contributed by atoms with van der Waals surface area (Å²) in [4.78, 5) is 30.1. The van der Waals surface area contributed by atoms with E-state index in [-0.39, 0.29) is 11.8 Å². The molecule has 6 heteroatoms. The number of rotatable bonds is 5. The van der Waals surface area contributed by atoms with Gasteiger partial charge in [0, 0.05) is 32.7 Å². The maximum atomic E-state index is 13.2. The Morgan fingerprint density at radius 3 is 2.10 bits per heavy atom. The van der Waals surface area contributed by atoms with Crippen LogP contribution in [0.15, 0.2) is 78.9 Å². The van der Waals surface area contributed by atoms with Crippen LogP contribution in [0.5, 0.6) is 0 Å². The molecule has 1 aliphatic rings. The summed E-state index contributed by atoms with van der Waals surface area (Å²) in [6.07, 6.45) is 0. The zero-order valence-electron chi connectivity index (χ0n) is 17.1. The number of carbonyl (C=O) groups is 2. The number of amides is 2. The third-order valence-electron chi connectivity index (χ3n) is 5.43. The van der Waals surface area contributed by atoms with Crippen molar-refractivity contribution in [2.24, 2.45) is 0 Å². The van der Waals surface area contributed by atoms with Crippen LogP contribution in [0.25, 0.3) is 0 Å². The monoisotopic (exact) mass is 433 g/mol. The summed E-state index contributed by atoms with van der Waals surface area (Å²) in [5, 5.41) is 3.22. The van der Waals surface area contributed by atoms with Gasteiger partial charge in [0.1, 0.15) is 0 Å². The highest BCUT2D eigenvalue weighted by atomic mass is 35.5. The first-order valence-corrected chi connectivity index (χ1v) is 10.7. The Kier molecular flexibility index (Phi) is 6.65. The fourth-order valence-corrected chi connectivity index (χ4v) is 3.96. The standard InChI is InChI=1S/C25H24ClN3O2/c26-22-12-6-4-10-20(22)24(30)27-23-13-7-5-11-21(23)25(31)29-16-14-28(15-17-29)18-19-8-2-1-3-9-19/h1-13H,14-18H2,(H,27,30). The molecule has 1 saturated heterocycles. The van der Waals surface area contributed by atoms with Gasteiger partial charge in [-0.15, -0.1) is 0 Å². The van der Waals surface area contributed by atoms with Crippen molar-refractivity contribution >= 4 is 29.1 Å². The third kappa shape index (κ3) is 5.13. The molecule has 2 amide bonds.